The Morgan fingerprint density at radius 1 is 1.26 bits per heavy atom. The van der Waals surface area contributed by atoms with Crippen molar-refractivity contribution in [2.45, 2.75) is 38.6 Å². The third-order valence-corrected chi connectivity index (χ3v) is 5.83. The zero-order chi connectivity index (χ0) is 13.9. The Morgan fingerprint density at radius 3 is 2.53 bits per heavy atom. The Kier molecular flexibility index (Phi) is 4.63. The van der Waals surface area contributed by atoms with E-state index >= 15 is 0 Å². The van der Waals surface area contributed by atoms with Crippen molar-refractivity contribution in [3.8, 4) is 0 Å². The predicted octanol–water partition coefficient (Wildman–Crippen LogP) is 2.60. The van der Waals surface area contributed by atoms with E-state index in [1.54, 1.807) is 0 Å². The molecule has 1 aromatic carbocycles. The summed E-state index contributed by atoms with van der Waals surface area (Å²) in [6.45, 7) is 1.97. The van der Waals surface area contributed by atoms with Gasteiger partial charge in [0.1, 0.15) is 0 Å². The molecule has 1 fully saturated rings. The van der Waals surface area contributed by atoms with Gasteiger partial charge in [0.25, 0.3) is 0 Å². The van der Waals surface area contributed by atoms with Crippen LogP contribution < -0.4 is 5.73 Å². The van der Waals surface area contributed by atoms with Gasteiger partial charge in [-0.2, -0.15) is 0 Å². The number of hydrogen-bond donors (Lipinski definition) is 1. The van der Waals surface area contributed by atoms with Gasteiger partial charge >= 0.3 is 0 Å². The standard InChI is InChI=1S/C15H23NO2S/c1-12-6-2-5-9-14(12)15(16)11-19(17,18)10-13-7-3-4-8-13/h2,5-6,9,13,15H,3-4,7-8,10-11,16H2,1H3. The molecule has 19 heavy (non-hydrogen) atoms. The Balaban J connectivity index is 2.01. The third kappa shape index (κ3) is 4.05. The molecule has 0 aliphatic heterocycles. The Bertz CT molecular complexity index is 519. The number of rotatable bonds is 5. The summed E-state index contributed by atoms with van der Waals surface area (Å²) in [7, 11) is -3.05. The fourth-order valence-electron chi connectivity index (χ4n) is 2.97. The summed E-state index contributed by atoms with van der Waals surface area (Å²) in [6, 6.07) is 7.33. The van der Waals surface area contributed by atoms with E-state index < -0.39 is 15.9 Å². The molecule has 1 aliphatic carbocycles. The van der Waals surface area contributed by atoms with Gasteiger partial charge in [0, 0.05) is 6.04 Å². The second-order valence-corrected chi connectivity index (χ2v) is 7.84. The molecule has 1 saturated carbocycles. The van der Waals surface area contributed by atoms with Crippen LogP contribution in [0.5, 0.6) is 0 Å². The Labute approximate surface area is 116 Å². The number of aryl methyl sites for hydroxylation is 1. The van der Waals surface area contributed by atoms with E-state index in [1.165, 1.54) is 12.8 Å². The van der Waals surface area contributed by atoms with E-state index in [4.69, 9.17) is 5.73 Å². The van der Waals surface area contributed by atoms with E-state index in [2.05, 4.69) is 0 Å². The molecule has 4 heteroatoms. The van der Waals surface area contributed by atoms with Gasteiger partial charge in [0.05, 0.1) is 11.5 Å². The van der Waals surface area contributed by atoms with Crippen molar-refractivity contribution < 1.29 is 8.42 Å². The van der Waals surface area contributed by atoms with Crippen molar-refractivity contribution >= 4 is 9.84 Å². The number of hydrogen-bond acceptors (Lipinski definition) is 3. The van der Waals surface area contributed by atoms with Crippen LogP contribution in [0.1, 0.15) is 42.9 Å². The summed E-state index contributed by atoms with van der Waals surface area (Å²) in [5.41, 5.74) is 8.08. The first-order valence-corrected chi connectivity index (χ1v) is 8.81. The molecular weight excluding hydrogens is 258 g/mol. The van der Waals surface area contributed by atoms with E-state index in [0.29, 0.717) is 11.7 Å². The first-order valence-electron chi connectivity index (χ1n) is 6.99. The molecule has 1 aliphatic rings. The van der Waals surface area contributed by atoms with Gasteiger partial charge in [-0.05, 0) is 36.8 Å². The average Bonchev–Trinajstić information content (AvgIpc) is 2.80. The molecule has 1 unspecified atom stereocenters. The van der Waals surface area contributed by atoms with Crippen LogP contribution in [0.2, 0.25) is 0 Å². The van der Waals surface area contributed by atoms with Crippen molar-refractivity contribution in [1.82, 2.24) is 0 Å². The molecule has 0 aromatic heterocycles. The highest BCUT2D eigenvalue weighted by atomic mass is 32.2. The second kappa shape index (κ2) is 6.06. The first kappa shape index (κ1) is 14.5. The van der Waals surface area contributed by atoms with E-state index in [1.807, 2.05) is 31.2 Å². The van der Waals surface area contributed by atoms with Gasteiger partial charge in [-0.15, -0.1) is 0 Å². The molecule has 0 amide bonds. The molecule has 0 saturated heterocycles. The van der Waals surface area contributed by atoms with Crippen molar-refractivity contribution in [3.05, 3.63) is 35.4 Å². The van der Waals surface area contributed by atoms with Crippen LogP contribution >= 0.6 is 0 Å². The van der Waals surface area contributed by atoms with Gasteiger partial charge < -0.3 is 5.73 Å². The van der Waals surface area contributed by atoms with Crippen molar-refractivity contribution in [3.63, 3.8) is 0 Å². The minimum Gasteiger partial charge on any atom is -0.323 e. The lowest BCUT2D eigenvalue weighted by molar-refractivity contribution is 0.554. The largest absolute Gasteiger partial charge is 0.323 e. The highest BCUT2D eigenvalue weighted by Crippen LogP contribution is 2.27. The van der Waals surface area contributed by atoms with E-state index in [-0.39, 0.29) is 5.75 Å². The van der Waals surface area contributed by atoms with Crippen molar-refractivity contribution in [2.75, 3.05) is 11.5 Å². The highest BCUT2D eigenvalue weighted by Gasteiger charge is 2.25. The Morgan fingerprint density at radius 2 is 1.89 bits per heavy atom. The summed E-state index contributed by atoms with van der Waals surface area (Å²) < 4.78 is 24.4. The van der Waals surface area contributed by atoms with Gasteiger partial charge in [-0.3, -0.25) is 0 Å². The molecule has 2 N–H and O–H groups in total. The molecule has 0 spiro atoms. The molecule has 3 nitrogen and oxygen atoms in total. The quantitative estimate of drug-likeness (QED) is 0.902. The zero-order valence-corrected chi connectivity index (χ0v) is 12.3. The molecule has 2 rings (SSSR count). The number of benzene rings is 1. The van der Waals surface area contributed by atoms with Gasteiger partial charge in [-0.1, -0.05) is 37.1 Å². The van der Waals surface area contributed by atoms with Crippen LogP contribution in [0.4, 0.5) is 0 Å². The molecule has 0 radical (unpaired) electrons. The van der Waals surface area contributed by atoms with Crippen LogP contribution in [0.25, 0.3) is 0 Å². The summed E-state index contributed by atoms with van der Waals surface area (Å²) in [5, 5.41) is 0. The fraction of sp³-hybridized carbons (Fsp3) is 0.600. The number of sulfone groups is 1. The highest BCUT2D eigenvalue weighted by molar-refractivity contribution is 7.91. The maximum atomic E-state index is 12.2. The molecular formula is C15H23NO2S. The van der Waals surface area contributed by atoms with Crippen LogP contribution in [-0.2, 0) is 9.84 Å². The fourth-order valence-corrected chi connectivity index (χ4v) is 4.88. The second-order valence-electron chi connectivity index (χ2n) is 5.69. The topological polar surface area (TPSA) is 60.2 Å². The summed E-state index contributed by atoms with van der Waals surface area (Å²) in [6.07, 6.45) is 4.45. The van der Waals surface area contributed by atoms with E-state index in [0.717, 1.165) is 24.0 Å². The Hall–Kier alpha value is -0.870. The predicted molar refractivity (Wildman–Crippen MR) is 78.7 cm³/mol. The third-order valence-electron chi connectivity index (χ3n) is 3.99. The van der Waals surface area contributed by atoms with Crippen LogP contribution in [0.15, 0.2) is 24.3 Å². The molecule has 0 heterocycles. The van der Waals surface area contributed by atoms with E-state index in [9.17, 15) is 8.42 Å². The van der Waals surface area contributed by atoms with Crippen LogP contribution in [0.3, 0.4) is 0 Å². The van der Waals surface area contributed by atoms with Crippen LogP contribution in [0, 0.1) is 12.8 Å². The van der Waals surface area contributed by atoms with Gasteiger partial charge in [0.15, 0.2) is 9.84 Å². The lowest BCUT2D eigenvalue weighted by Gasteiger charge is -2.16. The SMILES string of the molecule is Cc1ccccc1C(N)CS(=O)(=O)CC1CCCC1. The summed E-state index contributed by atoms with van der Waals surface area (Å²) >= 11 is 0. The average molecular weight is 281 g/mol. The minimum atomic E-state index is -3.05. The zero-order valence-electron chi connectivity index (χ0n) is 11.5. The van der Waals surface area contributed by atoms with Gasteiger partial charge in [-0.25, -0.2) is 8.42 Å². The van der Waals surface area contributed by atoms with Gasteiger partial charge in [0.2, 0.25) is 0 Å². The monoisotopic (exact) mass is 281 g/mol. The molecule has 1 aromatic rings. The smallest absolute Gasteiger partial charge is 0.152 e. The molecule has 0 bridgehead atoms. The molecule has 1 atom stereocenters. The summed E-state index contributed by atoms with van der Waals surface area (Å²) in [5.74, 6) is 0.732. The van der Waals surface area contributed by atoms with Crippen molar-refractivity contribution in [2.24, 2.45) is 11.7 Å². The normalized spacial score (nSPS) is 18.6. The maximum Gasteiger partial charge on any atom is 0.152 e. The van der Waals surface area contributed by atoms with Crippen LogP contribution in [-0.4, -0.2) is 19.9 Å². The lowest BCUT2D eigenvalue weighted by atomic mass is 10.0. The summed E-state index contributed by atoms with van der Waals surface area (Å²) in [4.78, 5) is 0. The first-order chi connectivity index (χ1) is 8.98. The minimum absolute atomic E-state index is 0.0638. The molecule has 106 valence electrons. The maximum absolute atomic E-state index is 12.2. The number of nitrogens with two attached hydrogens (primary N) is 1. The van der Waals surface area contributed by atoms with Crippen molar-refractivity contribution in [1.29, 1.82) is 0 Å². The lowest BCUT2D eigenvalue weighted by Crippen LogP contribution is -2.26.